The van der Waals surface area contributed by atoms with E-state index in [1.165, 1.54) is 12.4 Å². The SMILES string of the molecule is CCNc1ccncc1S(=O)(=O)NCCOCC(N)=O. The van der Waals surface area contributed by atoms with Gasteiger partial charge in [-0.05, 0) is 13.0 Å². The van der Waals surface area contributed by atoms with Crippen LogP contribution in [-0.4, -0.2) is 45.6 Å². The van der Waals surface area contributed by atoms with E-state index in [1.807, 2.05) is 6.92 Å². The summed E-state index contributed by atoms with van der Waals surface area (Å²) >= 11 is 0. The van der Waals surface area contributed by atoms with Crippen LogP contribution in [0.1, 0.15) is 6.92 Å². The normalized spacial score (nSPS) is 11.2. The maximum absolute atomic E-state index is 12.1. The van der Waals surface area contributed by atoms with Crippen molar-refractivity contribution in [3.8, 4) is 0 Å². The Bertz CT molecular complexity index is 547. The smallest absolute Gasteiger partial charge is 0.244 e. The molecule has 1 aromatic heterocycles. The molecule has 0 aliphatic rings. The number of aromatic nitrogens is 1. The predicted molar refractivity (Wildman–Crippen MR) is 73.6 cm³/mol. The Morgan fingerprint density at radius 3 is 2.90 bits per heavy atom. The Morgan fingerprint density at radius 2 is 2.25 bits per heavy atom. The molecule has 8 nitrogen and oxygen atoms in total. The maximum atomic E-state index is 12.1. The van der Waals surface area contributed by atoms with E-state index >= 15 is 0 Å². The van der Waals surface area contributed by atoms with Crippen molar-refractivity contribution < 1.29 is 17.9 Å². The molecule has 112 valence electrons. The molecule has 1 heterocycles. The first-order chi connectivity index (χ1) is 9.47. The standard InChI is InChI=1S/C11H18N4O4S/c1-2-14-9-3-4-13-7-10(9)20(17,18)15-5-6-19-8-11(12)16/h3-4,7,15H,2,5-6,8H2,1H3,(H2,12,16)(H,13,14). The molecule has 20 heavy (non-hydrogen) atoms. The predicted octanol–water partition coefficient (Wildman–Crippen LogP) is -0.706. The fourth-order valence-corrected chi connectivity index (χ4v) is 2.57. The molecule has 9 heteroatoms. The lowest BCUT2D eigenvalue weighted by Gasteiger charge is -2.11. The first-order valence-corrected chi connectivity index (χ1v) is 7.49. The third-order valence-electron chi connectivity index (χ3n) is 2.22. The topological polar surface area (TPSA) is 123 Å². The van der Waals surface area contributed by atoms with E-state index in [-0.39, 0.29) is 24.7 Å². The van der Waals surface area contributed by atoms with E-state index in [0.29, 0.717) is 12.2 Å². The van der Waals surface area contributed by atoms with Crippen LogP contribution in [-0.2, 0) is 19.6 Å². The molecular weight excluding hydrogens is 284 g/mol. The Hall–Kier alpha value is -1.71. The fraction of sp³-hybridized carbons (Fsp3) is 0.455. The molecule has 1 aromatic rings. The Labute approximate surface area is 117 Å². The number of hydrogen-bond donors (Lipinski definition) is 3. The zero-order chi connectivity index (χ0) is 15.0. The summed E-state index contributed by atoms with van der Waals surface area (Å²) in [4.78, 5) is 14.3. The van der Waals surface area contributed by atoms with Crippen LogP contribution >= 0.6 is 0 Å². The van der Waals surface area contributed by atoms with Crippen LogP contribution in [0.4, 0.5) is 5.69 Å². The third-order valence-corrected chi connectivity index (χ3v) is 3.71. The van der Waals surface area contributed by atoms with Crippen LogP contribution in [0.25, 0.3) is 0 Å². The fourth-order valence-electron chi connectivity index (χ4n) is 1.43. The van der Waals surface area contributed by atoms with Gasteiger partial charge in [0.15, 0.2) is 0 Å². The van der Waals surface area contributed by atoms with Gasteiger partial charge in [0.2, 0.25) is 15.9 Å². The van der Waals surface area contributed by atoms with E-state index < -0.39 is 15.9 Å². The lowest BCUT2D eigenvalue weighted by atomic mass is 10.4. The van der Waals surface area contributed by atoms with Crippen molar-refractivity contribution in [2.24, 2.45) is 5.73 Å². The number of sulfonamides is 1. The number of rotatable bonds is 9. The summed E-state index contributed by atoms with van der Waals surface area (Å²) in [6, 6.07) is 1.58. The van der Waals surface area contributed by atoms with E-state index in [9.17, 15) is 13.2 Å². The second kappa shape index (κ2) is 7.78. The summed E-state index contributed by atoms with van der Waals surface area (Å²) in [7, 11) is -3.69. The molecule has 0 unspecified atom stereocenters. The summed E-state index contributed by atoms with van der Waals surface area (Å²) in [6.07, 6.45) is 2.78. The van der Waals surface area contributed by atoms with Crippen molar-refractivity contribution >= 4 is 21.6 Å². The van der Waals surface area contributed by atoms with Crippen molar-refractivity contribution in [3.05, 3.63) is 18.5 Å². The number of carbonyl (C=O) groups is 1. The number of hydrogen-bond acceptors (Lipinski definition) is 6. The minimum Gasteiger partial charge on any atom is -0.384 e. The van der Waals surface area contributed by atoms with Crippen molar-refractivity contribution in [3.63, 3.8) is 0 Å². The molecule has 0 fully saturated rings. The van der Waals surface area contributed by atoms with Gasteiger partial charge in [-0.3, -0.25) is 9.78 Å². The van der Waals surface area contributed by atoms with Gasteiger partial charge in [-0.15, -0.1) is 0 Å². The lowest BCUT2D eigenvalue weighted by Crippen LogP contribution is -2.29. The van der Waals surface area contributed by atoms with Crippen molar-refractivity contribution in [2.75, 3.05) is 31.6 Å². The number of ether oxygens (including phenoxy) is 1. The number of nitrogens with zero attached hydrogens (tertiary/aromatic N) is 1. The van der Waals surface area contributed by atoms with E-state index in [0.717, 1.165) is 0 Å². The van der Waals surface area contributed by atoms with Crippen molar-refractivity contribution in [1.29, 1.82) is 0 Å². The highest BCUT2D eigenvalue weighted by Crippen LogP contribution is 2.18. The molecule has 0 aromatic carbocycles. The van der Waals surface area contributed by atoms with Gasteiger partial charge in [0.1, 0.15) is 11.5 Å². The Morgan fingerprint density at radius 1 is 1.50 bits per heavy atom. The molecule has 0 aliphatic carbocycles. The molecule has 0 aliphatic heterocycles. The zero-order valence-electron chi connectivity index (χ0n) is 11.1. The molecule has 0 saturated heterocycles. The molecule has 4 N–H and O–H groups in total. The number of nitrogens with one attached hydrogen (secondary N) is 2. The maximum Gasteiger partial charge on any atom is 0.244 e. The van der Waals surface area contributed by atoms with Gasteiger partial charge in [0.05, 0.1) is 12.3 Å². The van der Waals surface area contributed by atoms with Crippen LogP contribution in [0.3, 0.4) is 0 Å². The highest BCUT2D eigenvalue weighted by Gasteiger charge is 2.17. The quantitative estimate of drug-likeness (QED) is 0.518. The minimum absolute atomic E-state index is 0.0378. The number of primary amides is 1. The van der Waals surface area contributed by atoms with Gasteiger partial charge in [-0.25, -0.2) is 13.1 Å². The highest BCUT2D eigenvalue weighted by atomic mass is 32.2. The number of carbonyl (C=O) groups excluding carboxylic acids is 1. The van der Waals surface area contributed by atoms with E-state index in [2.05, 4.69) is 15.0 Å². The monoisotopic (exact) mass is 302 g/mol. The van der Waals surface area contributed by atoms with Crippen LogP contribution in [0.5, 0.6) is 0 Å². The average molecular weight is 302 g/mol. The molecule has 0 atom stereocenters. The first-order valence-electron chi connectivity index (χ1n) is 6.01. The average Bonchev–Trinajstić information content (AvgIpc) is 2.38. The zero-order valence-corrected chi connectivity index (χ0v) is 11.9. The van der Waals surface area contributed by atoms with E-state index in [1.54, 1.807) is 6.07 Å². The summed E-state index contributed by atoms with van der Waals surface area (Å²) < 4.78 is 31.4. The van der Waals surface area contributed by atoms with Gasteiger partial charge in [0, 0.05) is 25.5 Å². The van der Waals surface area contributed by atoms with Gasteiger partial charge in [0.25, 0.3) is 0 Å². The second-order valence-corrected chi connectivity index (χ2v) is 5.55. The first kappa shape index (κ1) is 16.3. The van der Waals surface area contributed by atoms with Crippen molar-refractivity contribution in [1.82, 2.24) is 9.71 Å². The van der Waals surface area contributed by atoms with Crippen LogP contribution in [0.2, 0.25) is 0 Å². The van der Waals surface area contributed by atoms with E-state index in [4.69, 9.17) is 10.5 Å². The molecule has 0 radical (unpaired) electrons. The van der Waals surface area contributed by atoms with Crippen molar-refractivity contribution in [2.45, 2.75) is 11.8 Å². The molecule has 0 saturated carbocycles. The highest BCUT2D eigenvalue weighted by molar-refractivity contribution is 7.89. The third kappa shape index (κ3) is 5.11. The number of pyridine rings is 1. The Kier molecular flexibility index (Phi) is 6.36. The van der Waals surface area contributed by atoms with Gasteiger partial charge in [-0.1, -0.05) is 0 Å². The Balaban J connectivity index is 2.62. The number of nitrogens with two attached hydrogens (primary N) is 1. The molecule has 0 spiro atoms. The van der Waals surface area contributed by atoms with Gasteiger partial charge in [-0.2, -0.15) is 0 Å². The summed E-state index contributed by atoms with van der Waals surface area (Å²) in [6.45, 7) is 2.31. The summed E-state index contributed by atoms with van der Waals surface area (Å²) in [5.41, 5.74) is 5.37. The second-order valence-electron chi connectivity index (χ2n) is 3.82. The largest absolute Gasteiger partial charge is 0.384 e. The van der Waals surface area contributed by atoms with Crippen LogP contribution in [0.15, 0.2) is 23.4 Å². The number of amides is 1. The van der Waals surface area contributed by atoms with Gasteiger partial charge < -0.3 is 15.8 Å². The molecular formula is C11H18N4O4S. The number of anilines is 1. The molecule has 1 rings (SSSR count). The van der Waals surface area contributed by atoms with Crippen LogP contribution < -0.4 is 15.8 Å². The summed E-state index contributed by atoms with van der Waals surface area (Å²) in [5.74, 6) is -0.602. The molecule has 1 amide bonds. The lowest BCUT2D eigenvalue weighted by molar-refractivity contribution is -0.122. The summed E-state index contributed by atoms with van der Waals surface area (Å²) in [5, 5.41) is 2.95. The minimum atomic E-state index is -3.69. The van der Waals surface area contributed by atoms with Crippen LogP contribution in [0, 0.1) is 0 Å². The molecule has 0 bridgehead atoms. The van der Waals surface area contributed by atoms with Gasteiger partial charge >= 0.3 is 0 Å².